The molecule has 2 N–H and O–H groups in total. The molecule has 0 amide bonds. The molecule has 214 valence electrons. The zero-order valence-electron chi connectivity index (χ0n) is 22.3. The Morgan fingerprint density at radius 1 is 0.881 bits per heavy atom. The minimum Gasteiger partial charge on any atom is -0.493 e. The van der Waals surface area contributed by atoms with Crippen molar-refractivity contribution in [2.45, 2.75) is 12.8 Å². The molecule has 0 aliphatic carbocycles. The Balaban J connectivity index is 1.37. The SMILES string of the molecule is COc1ccc(/C=N\Nc2nc(Nc3ccccc3)nc(N3CCCC3)n2)cc1Oc1ccc([N+](=O)[O-])cc1[N+](=O)[O-]. The summed E-state index contributed by atoms with van der Waals surface area (Å²) >= 11 is 0. The van der Waals surface area contributed by atoms with E-state index in [0.717, 1.165) is 49.8 Å². The maximum Gasteiger partial charge on any atom is 0.318 e. The minimum absolute atomic E-state index is 0.143. The third kappa shape index (κ3) is 6.64. The Bertz CT molecular complexity index is 1630. The van der Waals surface area contributed by atoms with Crippen molar-refractivity contribution in [1.82, 2.24) is 15.0 Å². The fourth-order valence-corrected chi connectivity index (χ4v) is 4.16. The summed E-state index contributed by atoms with van der Waals surface area (Å²) in [5.74, 6) is 1.37. The molecule has 0 atom stereocenters. The predicted molar refractivity (Wildman–Crippen MR) is 155 cm³/mol. The van der Waals surface area contributed by atoms with Crippen LogP contribution in [0.5, 0.6) is 17.2 Å². The molecular weight excluding hydrogens is 546 g/mol. The van der Waals surface area contributed by atoms with Gasteiger partial charge in [-0.1, -0.05) is 18.2 Å². The van der Waals surface area contributed by atoms with Crippen LogP contribution >= 0.6 is 0 Å². The Hall–Kier alpha value is -5.86. The fraction of sp³-hybridized carbons (Fsp3) is 0.185. The van der Waals surface area contributed by atoms with E-state index in [-0.39, 0.29) is 23.2 Å². The van der Waals surface area contributed by atoms with E-state index in [1.807, 2.05) is 30.3 Å². The molecule has 5 rings (SSSR count). The number of hydrazone groups is 1. The summed E-state index contributed by atoms with van der Waals surface area (Å²) < 4.78 is 11.1. The summed E-state index contributed by atoms with van der Waals surface area (Å²) in [5, 5.41) is 30.0. The van der Waals surface area contributed by atoms with Gasteiger partial charge in [-0.25, -0.2) is 5.43 Å². The van der Waals surface area contributed by atoms with Crippen LogP contribution in [0.15, 0.2) is 71.8 Å². The number of nitrogens with one attached hydrogen (secondary N) is 2. The number of methoxy groups -OCH3 is 1. The molecule has 3 aromatic carbocycles. The number of hydrogen-bond acceptors (Lipinski definition) is 13. The first-order chi connectivity index (χ1) is 20.4. The number of non-ortho nitro benzene ring substituents is 1. The molecule has 1 saturated heterocycles. The van der Waals surface area contributed by atoms with Gasteiger partial charge in [-0.15, -0.1) is 0 Å². The maximum atomic E-state index is 11.5. The van der Waals surface area contributed by atoms with Crippen LogP contribution in [0.1, 0.15) is 18.4 Å². The van der Waals surface area contributed by atoms with Crippen LogP contribution in [0.3, 0.4) is 0 Å². The number of anilines is 4. The summed E-state index contributed by atoms with van der Waals surface area (Å²) in [7, 11) is 1.42. The maximum absolute atomic E-state index is 11.5. The van der Waals surface area contributed by atoms with Gasteiger partial charge in [0.2, 0.25) is 23.6 Å². The van der Waals surface area contributed by atoms with Crippen molar-refractivity contribution >= 4 is 41.1 Å². The van der Waals surface area contributed by atoms with Crippen molar-refractivity contribution < 1.29 is 19.3 Å². The highest BCUT2D eigenvalue weighted by Crippen LogP contribution is 2.38. The lowest BCUT2D eigenvalue weighted by Gasteiger charge is -2.16. The molecule has 0 bridgehead atoms. The third-order valence-electron chi connectivity index (χ3n) is 6.18. The van der Waals surface area contributed by atoms with Gasteiger partial charge in [0, 0.05) is 24.8 Å². The van der Waals surface area contributed by atoms with Crippen LogP contribution in [0.4, 0.5) is 34.9 Å². The van der Waals surface area contributed by atoms with Gasteiger partial charge in [0.05, 0.1) is 29.2 Å². The van der Waals surface area contributed by atoms with Gasteiger partial charge in [-0.05, 0) is 54.8 Å². The van der Waals surface area contributed by atoms with Crippen LogP contribution in [-0.4, -0.2) is 51.2 Å². The van der Waals surface area contributed by atoms with Crippen molar-refractivity contribution in [2.24, 2.45) is 5.10 Å². The first kappa shape index (κ1) is 27.7. The van der Waals surface area contributed by atoms with Crippen LogP contribution in [-0.2, 0) is 0 Å². The molecule has 1 aromatic heterocycles. The first-order valence-electron chi connectivity index (χ1n) is 12.8. The molecular formula is C27H25N9O6. The number of para-hydroxylation sites is 1. The number of benzene rings is 3. The summed E-state index contributed by atoms with van der Waals surface area (Å²) in [6, 6.07) is 17.5. The van der Waals surface area contributed by atoms with Crippen molar-refractivity contribution in [3.63, 3.8) is 0 Å². The summed E-state index contributed by atoms with van der Waals surface area (Å²) in [5.41, 5.74) is 3.23. The Morgan fingerprint density at radius 2 is 1.62 bits per heavy atom. The molecule has 2 heterocycles. The predicted octanol–water partition coefficient (Wildman–Crippen LogP) is 5.28. The molecule has 1 aliphatic rings. The second kappa shape index (κ2) is 12.5. The Labute approximate surface area is 239 Å². The molecule has 15 heteroatoms. The molecule has 0 saturated carbocycles. The minimum atomic E-state index is -0.754. The topological polar surface area (TPSA) is 183 Å². The van der Waals surface area contributed by atoms with Crippen molar-refractivity contribution in [1.29, 1.82) is 0 Å². The second-order valence-corrected chi connectivity index (χ2v) is 9.02. The molecule has 1 fully saturated rings. The van der Waals surface area contributed by atoms with Gasteiger partial charge in [0.1, 0.15) is 0 Å². The van der Waals surface area contributed by atoms with E-state index < -0.39 is 21.2 Å². The molecule has 42 heavy (non-hydrogen) atoms. The van der Waals surface area contributed by atoms with Crippen molar-refractivity contribution in [3.8, 4) is 17.2 Å². The van der Waals surface area contributed by atoms with Gasteiger partial charge in [-0.2, -0.15) is 20.1 Å². The monoisotopic (exact) mass is 571 g/mol. The molecule has 15 nitrogen and oxygen atoms in total. The van der Waals surface area contributed by atoms with Gasteiger partial charge >= 0.3 is 5.69 Å². The quantitative estimate of drug-likeness (QED) is 0.135. The molecule has 4 aromatic rings. The van der Waals surface area contributed by atoms with E-state index in [0.29, 0.717) is 17.5 Å². The van der Waals surface area contributed by atoms with Gasteiger partial charge < -0.3 is 19.7 Å². The average molecular weight is 572 g/mol. The Morgan fingerprint density at radius 3 is 2.33 bits per heavy atom. The van der Waals surface area contributed by atoms with Crippen LogP contribution in [0.2, 0.25) is 0 Å². The number of hydrogen-bond donors (Lipinski definition) is 2. The number of nitro groups is 2. The average Bonchev–Trinajstić information content (AvgIpc) is 3.53. The summed E-state index contributed by atoms with van der Waals surface area (Å²) in [6.45, 7) is 1.69. The fourth-order valence-electron chi connectivity index (χ4n) is 4.16. The number of rotatable bonds is 11. The van der Waals surface area contributed by atoms with Crippen LogP contribution in [0, 0.1) is 20.2 Å². The van der Waals surface area contributed by atoms with E-state index in [9.17, 15) is 20.2 Å². The highest BCUT2D eigenvalue weighted by molar-refractivity contribution is 5.81. The van der Waals surface area contributed by atoms with Crippen molar-refractivity contribution in [3.05, 3.63) is 92.5 Å². The third-order valence-corrected chi connectivity index (χ3v) is 6.18. The number of ether oxygens (including phenoxy) is 2. The second-order valence-electron chi connectivity index (χ2n) is 9.02. The zero-order valence-corrected chi connectivity index (χ0v) is 22.3. The van der Waals surface area contributed by atoms with E-state index >= 15 is 0 Å². The first-order valence-corrected chi connectivity index (χ1v) is 12.8. The van der Waals surface area contributed by atoms with E-state index in [2.05, 4.69) is 35.7 Å². The normalized spacial score (nSPS) is 12.7. The van der Waals surface area contributed by atoms with Gasteiger partial charge in [-0.3, -0.25) is 20.2 Å². The molecule has 0 radical (unpaired) electrons. The smallest absolute Gasteiger partial charge is 0.318 e. The van der Waals surface area contributed by atoms with E-state index in [1.165, 1.54) is 13.3 Å². The molecule has 1 aliphatic heterocycles. The van der Waals surface area contributed by atoms with Crippen LogP contribution < -0.4 is 25.1 Å². The summed E-state index contributed by atoms with van der Waals surface area (Å²) in [6.07, 6.45) is 3.60. The Kier molecular flexibility index (Phi) is 8.27. The van der Waals surface area contributed by atoms with Crippen molar-refractivity contribution in [2.75, 3.05) is 35.8 Å². The van der Waals surface area contributed by atoms with E-state index in [1.54, 1.807) is 18.2 Å². The van der Waals surface area contributed by atoms with Gasteiger partial charge in [0.15, 0.2) is 11.5 Å². The standard InChI is InChI=1S/C27H25N9O6/c1-41-23-11-9-18(15-24(23)42-22-12-10-20(35(37)38)16-21(22)36(39)40)17-28-33-26-30-25(29-19-7-3-2-4-8-19)31-27(32-26)34-13-5-6-14-34/h2-4,7-12,15-17H,5-6,13-14H2,1H3,(H2,29,30,31,32,33)/b28-17-. The highest BCUT2D eigenvalue weighted by atomic mass is 16.6. The molecule has 0 spiro atoms. The lowest BCUT2D eigenvalue weighted by atomic mass is 10.2. The number of nitrogens with zero attached hydrogens (tertiary/aromatic N) is 7. The highest BCUT2D eigenvalue weighted by Gasteiger charge is 2.22. The lowest BCUT2D eigenvalue weighted by molar-refractivity contribution is -0.394. The van der Waals surface area contributed by atoms with E-state index in [4.69, 9.17) is 9.47 Å². The van der Waals surface area contributed by atoms with Crippen LogP contribution in [0.25, 0.3) is 0 Å². The van der Waals surface area contributed by atoms with Gasteiger partial charge in [0.25, 0.3) is 5.69 Å². The zero-order chi connectivity index (χ0) is 29.5. The molecule has 0 unspecified atom stereocenters. The number of aromatic nitrogens is 3. The lowest BCUT2D eigenvalue weighted by Crippen LogP contribution is -2.21. The summed E-state index contributed by atoms with van der Waals surface area (Å²) in [4.78, 5) is 36.7. The largest absolute Gasteiger partial charge is 0.493 e. The number of nitro benzene ring substituents is 2.